The number of aromatic amines is 1. The van der Waals surface area contributed by atoms with Gasteiger partial charge in [0.15, 0.2) is 0 Å². The molecule has 0 aliphatic heterocycles. The van der Waals surface area contributed by atoms with Crippen molar-refractivity contribution in [2.75, 3.05) is 19.0 Å². The van der Waals surface area contributed by atoms with E-state index in [1.54, 1.807) is 70.8 Å². The molecule has 0 radical (unpaired) electrons. The van der Waals surface area contributed by atoms with Gasteiger partial charge in [-0.05, 0) is 60.7 Å². The fraction of sp³-hybridized carbons (Fsp3) is 0.0690. The summed E-state index contributed by atoms with van der Waals surface area (Å²) in [7, 11) is -6.99. The molecule has 6 aromatic rings. The number of anilines is 1. The highest BCUT2D eigenvalue weighted by Crippen LogP contribution is 2.24. The summed E-state index contributed by atoms with van der Waals surface area (Å²) in [5, 5.41) is 4.74. The van der Waals surface area contributed by atoms with Crippen molar-refractivity contribution < 1.29 is 39.9 Å². The molecule has 0 fully saturated rings. The maximum atomic E-state index is 12.7. The molecule has 4 N–H and O–H groups in total. The van der Waals surface area contributed by atoms with Crippen molar-refractivity contribution >= 4 is 49.2 Å². The van der Waals surface area contributed by atoms with Crippen molar-refractivity contribution in [1.82, 2.24) is 34.4 Å². The first kappa shape index (κ1) is 33.3. The summed E-state index contributed by atoms with van der Waals surface area (Å²) in [6.07, 6.45) is 9.92. The molecule has 0 saturated heterocycles. The van der Waals surface area contributed by atoms with Crippen LogP contribution in [0.5, 0.6) is 5.75 Å². The van der Waals surface area contributed by atoms with Crippen LogP contribution in [0.25, 0.3) is 22.4 Å². The highest BCUT2D eigenvalue weighted by Gasteiger charge is 2.18. The summed E-state index contributed by atoms with van der Waals surface area (Å²) in [4.78, 5) is 37.6. The molecule has 6 rings (SSSR count). The minimum absolute atomic E-state index is 0.0132. The number of nitrogens with one attached hydrogen (secondary N) is 3. The molecule has 0 aliphatic carbocycles. The second-order valence-corrected chi connectivity index (χ2v) is 12.6. The van der Waals surface area contributed by atoms with Crippen LogP contribution in [0.2, 0.25) is 0 Å². The molecule has 0 atom stereocenters. The lowest BCUT2D eigenvalue weighted by Crippen LogP contribution is -2.34. The van der Waals surface area contributed by atoms with Gasteiger partial charge in [-0.15, -0.1) is 0 Å². The summed E-state index contributed by atoms with van der Waals surface area (Å²) < 4.78 is 68.8. The van der Waals surface area contributed by atoms with Crippen molar-refractivity contribution in [3.05, 3.63) is 104 Å². The van der Waals surface area contributed by atoms with Crippen LogP contribution in [0.4, 0.5) is 10.7 Å². The van der Waals surface area contributed by atoms with E-state index in [4.69, 9.17) is 8.74 Å². The summed E-state index contributed by atoms with van der Waals surface area (Å²) in [6, 6.07) is 15.8. The Balaban J connectivity index is 0.000000250. The third-order valence-corrected chi connectivity index (χ3v) is 8.51. The first-order valence-corrected chi connectivity index (χ1v) is 16.5. The number of ether oxygens (including phenoxy) is 1. The quantitative estimate of drug-likeness (QED) is 0.0973. The molecule has 0 bridgehead atoms. The van der Waals surface area contributed by atoms with Crippen LogP contribution in [-0.4, -0.2) is 76.1 Å². The standard InChI is InChI=1S/C20H18N6O6S.C9H8N2O3S/c1-31-18(27)11-22-20(28)25-19-23-16-7-4-14(10-17(16)24-19)32-33(29,30)15-5-2-13(3-6-15)26-9-8-21-12-26;12-15(13,14)9-3-1-8(2-4-9)11-6-5-10-7-11/h2-10,12H,11H2,1H3,(H3,22,23,24,25,28);1-7H,(H,12,13,14). The zero-order valence-corrected chi connectivity index (χ0v) is 26.4. The topological polar surface area (TPSA) is 229 Å². The molecule has 3 aromatic heterocycles. The Bertz CT molecular complexity index is 2240. The van der Waals surface area contributed by atoms with Crippen molar-refractivity contribution in [3.8, 4) is 17.1 Å². The molecular formula is C29H26N8O9S2. The molecule has 2 amide bonds. The van der Waals surface area contributed by atoms with Crippen LogP contribution in [0, 0.1) is 0 Å². The van der Waals surface area contributed by atoms with E-state index in [9.17, 15) is 26.4 Å². The number of carbonyl (C=O) groups excluding carboxylic acids is 2. The molecule has 248 valence electrons. The largest absolute Gasteiger partial charge is 0.468 e. The van der Waals surface area contributed by atoms with Gasteiger partial charge in [0.25, 0.3) is 10.1 Å². The molecule has 0 spiro atoms. The molecule has 0 aliphatic rings. The van der Waals surface area contributed by atoms with Crippen LogP contribution >= 0.6 is 0 Å². The maximum Gasteiger partial charge on any atom is 0.339 e. The number of esters is 1. The van der Waals surface area contributed by atoms with Gasteiger partial charge in [0.1, 0.15) is 17.2 Å². The Morgan fingerprint density at radius 3 is 1.96 bits per heavy atom. The maximum absolute atomic E-state index is 12.7. The van der Waals surface area contributed by atoms with Crippen molar-refractivity contribution in [2.24, 2.45) is 0 Å². The van der Waals surface area contributed by atoms with Crippen molar-refractivity contribution in [3.63, 3.8) is 0 Å². The average Bonchev–Trinajstić information content (AvgIpc) is 3.86. The number of hydrogen-bond donors (Lipinski definition) is 4. The SMILES string of the molecule is COC(=O)CNC(=O)Nc1nc2ccc(OS(=O)(=O)c3ccc(-n4ccnc4)cc3)cc2[nH]1.O=S(=O)(O)c1ccc(-n2ccnc2)cc1. The van der Waals surface area contributed by atoms with Gasteiger partial charge in [-0.2, -0.15) is 16.8 Å². The van der Waals surface area contributed by atoms with Crippen LogP contribution in [0.15, 0.2) is 114 Å². The van der Waals surface area contributed by atoms with Gasteiger partial charge in [0.2, 0.25) is 5.95 Å². The summed E-state index contributed by atoms with van der Waals surface area (Å²) in [6.45, 7) is -0.304. The number of amides is 2. The van der Waals surface area contributed by atoms with Crippen LogP contribution < -0.4 is 14.8 Å². The van der Waals surface area contributed by atoms with Gasteiger partial charge in [0, 0.05) is 42.2 Å². The minimum Gasteiger partial charge on any atom is -0.468 e. The second kappa shape index (κ2) is 14.2. The van der Waals surface area contributed by atoms with E-state index in [2.05, 4.69) is 35.3 Å². The Morgan fingerprint density at radius 2 is 1.44 bits per heavy atom. The number of urea groups is 1. The Morgan fingerprint density at radius 1 is 0.854 bits per heavy atom. The Labute approximate surface area is 273 Å². The molecule has 3 aromatic carbocycles. The predicted molar refractivity (Wildman–Crippen MR) is 170 cm³/mol. The second-order valence-electron chi connectivity index (χ2n) is 9.59. The number of methoxy groups -OCH3 is 1. The van der Waals surface area contributed by atoms with E-state index in [1.807, 2.05) is 0 Å². The summed E-state index contributed by atoms with van der Waals surface area (Å²) in [5.74, 6) is -0.442. The number of benzene rings is 3. The van der Waals surface area contributed by atoms with E-state index in [1.165, 1.54) is 49.6 Å². The molecule has 0 unspecified atom stereocenters. The zero-order chi connectivity index (χ0) is 34.3. The number of fused-ring (bicyclic) bond motifs is 1. The first-order chi connectivity index (χ1) is 22.9. The average molecular weight is 695 g/mol. The first-order valence-electron chi connectivity index (χ1n) is 13.6. The lowest BCUT2D eigenvalue weighted by atomic mass is 10.3. The molecule has 19 heteroatoms. The summed E-state index contributed by atoms with van der Waals surface area (Å²) in [5.41, 5.74) is 2.43. The van der Waals surface area contributed by atoms with Gasteiger partial charge >= 0.3 is 22.1 Å². The summed E-state index contributed by atoms with van der Waals surface area (Å²) >= 11 is 0. The monoisotopic (exact) mass is 694 g/mol. The molecule has 17 nitrogen and oxygen atoms in total. The third kappa shape index (κ3) is 8.40. The lowest BCUT2D eigenvalue weighted by Gasteiger charge is -2.08. The number of aromatic nitrogens is 6. The number of imidazole rings is 3. The minimum atomic E-state index is -4.11. The number of rotatable bonds is 9. The Kier molecular flexibility index (Phi) is 9.83. The third-order valence-electron chi connectivity index (χ3n) is 6.38. The molecule has 48 heavy (non-hydrogen) atoms. The van der Waals surface area contributed by atoms with Gasteiger partial charge in [-0.3, -0.25) is 14.7 Å². The fourth-order valence-electron chi connectivity index (χ4n) is 4.05. The molecule has 3 heterocycles. The van der Waals surface area contributed by atoms with Crippen LogP contribution in [-0.2, 0) is 29.8 Å². The van der Waals surface area contributed by atoms with E-state index >= 15 is 0 Å². The predicted octanol–water partition coefficient (Wildman–Crippen LogP) is 2.93. The van der Waals surface area contributed by atoms with Gasteiger partial charge in [-0.25, -0.2) is 19.7 Å². The van der Waals surface area contributed by atoms with E-state index in [0.717, 1.165) is 11.4 Å². The lowest BCUT2D eigenvalue weighted by molar-refractivity contribution is -0.139. The van der Waals surface area contributed by atoms with Crippen LogP contribution in [0.1, 0.15) is 0 Å². The molecular weight excluding hydrogens is 668 g/mol. The van der Waals surface area contributed by atoms with E-state index in [-0.39, 0.29) is 28.0 Å². The van der Waals surface area contributed by atoms with Crippen molar-refractivity contribution in [2.45, 2.75) is 9.79 Å². The number of H-pyrrole nitrogens is 1. The van der Waals surface area contributed by atoms with Gasteiger partial charge in [0.05, 0.1) is 35.7 Å². The van der Waals surface area contributed by atoms with Gasteiger partial charge in [-0.1, -0.05) is 0 Å². The normalized spacial score (nSPS) is 11.3. The van der Waals surface area contributed by atoms with E-state index < -0.39 is 32.2 Å². The van der Waals surface area contributed by atoms with E-state index in [0.29, 0.717) is 11.0 Å². The number of carbonyl (C=O) groups is 2. The fourth-order valence-corrected chi connectivity index (χ4v) is 5.45. The van der Waals surface area contributed by atoms with Crippen LogP contribution in [0.3, 0.4) is 0 Å². The van der Waals surface area contributed by atoms with Gasteiger partial charge < -0.3 is 28.4 Å². The highest BCUT2D eigenvalue weighted by atomic mass is 32.2. The number of hydrogen-bond acceptors (Lipinski definition) is 11. The Hall–Kier alpha value is -6.05. The molecule has 0 saturated carbocycles. The van der Waals surface area contributed by atoms with Crippen molar-refractivity contribution in [1.29, 1.82) is 0 Å². The number of nitrogens with zero attached hydrogens (tertiary/aromatic N) is 5. The smallest absolute Gasteiger partial charge is 0.339 e. The zero-order valence-electron chi connectivity index (χ0n) is 24.8. The highest BCUT2D eigenvalue weighted by molar-refractivity contribution is 7.87.